The van der Waals surface area contributed by atoms with Crippen LogP contribution in [0.25, 0.3) is 0 Å². The summed E-state index contributed by atoms with van der Waals surface area (Å²) in [5.74, 6) is 0. The zero-order valence-corrected chi connectivity index (χ0v) is 16.1. The first kappa shape index (κ1) is 18.1. The summed E-state index contributed by atoms with van der Waals surface area (Å²) >= 11 is 6.64. The van der Waals surface area contributed by atoms with E-state index in [2.05, 4.69) is 4.98 Å². The minimum absolute atomic E-state index is 0.00830. The van der Waals surface area contributed by atoms with Crippen LogP contribution in [0.1, 0.15) is 5.56 Å². The fourth-order valence-electron chi connectivity index (χ4n) is 2.08. The van der Waals surface area contributed by atoms with Crippen LogP contribution in [0, 0.1) is 6.92 Å². The van der Waals surface area contributed by atoms with Crippen LogP contribution in [0.4, 0.5) is 0 Å². The maximum Gasteiger partial charge on any atom is 0.233 e. The highest BCUT2D eigenvalue weighted by molar-refractivity contribution is 7.94. The molecular formula is C16H12ClNO4S3. The molecule has 130 valence electrons. The van der Waals surface area contributed by atoms with E-state index in [0.29, 0.717) is 11.3 Å². The number of hydrogen-bond donors (Lipinski definition) is 0. The average Bonchev–Trinajstić information content (AvgIpc) is 2.99. The zero-order chi connectivity index (χ0) is 18.2. The van der Waals surface area contributed by atoms with Gasteiger partial charge in [-0.15, -0.1) is 0 Å². The molecule has 9 heteroatoms. The van der Waals surface area contributed by atoms with Crippen LogP contribution in [0.15, 0.2) is 73.8 Å². The lowest BCUT2D eigenvalue weighted by molar-refractivity contribution is 0.589. The van der Waals surface area contributed by atoms with E-state index in [4.69, 9.17) is 11.6 Å². The van der Waals surface area contributed by atoms with Crippen LogP contribution in [0.2, 0.25) is 4.34 Å². The minimum Gasteiger partial charge on any atom is -0.217 e. The molecule has 0 bridgehead atoms. The molecule has 0 aliphatic rings. The van der Waals surface area contributed by atoms with E-state index in [1.54, 1.807) is 30.3 Å². The lowest BCUT2D eigenvalue weighted by Gasteiger charge is -2.02. The number of aryl methyl sites for hydroxylation is 1. The van der Waals surface area contributed by atoms with E-state index >= 15 is 0 Å². The number of halogens is 1. The van der Waals surface area contributed by atoms with Gasteiger partial charge in [0.1, 0.15) is 4.34 Å². The van der Waals surface area contributed by atoms with Gasteiger partial charge in [-0.1, -0.05) is 58.8 Å². The Morgan fingerprint density at radius 3 is 2.00 bits per heavy atom. The van der Waals surface area contributed by atoms with Crippen LogP contribution in [0.5, 0.6) is 0 Å². The summed E-state index contributed by atoms with van der Waals surface area (Å²) < 4.78 is 50.1. The lowest BCUT2D eigenvalue weighted by atomic mass is 10.2. The van der Waals surface area contributed by atoms with Gasteiger partial charge in [0.05, 0.1) is 9.79 Å². The van der Waals surface area contributed by atoms with Gasteiger partial charge >= 0.3 is 0 Å². The molecule has 0 N–H and O–H groups in total. The molecule has 0 spiro atoms. The van der Waals surface area contributed by atoms with Crippen LogP contribution in [0.3, 0.4) is 0 Å². The highest BCUT2D eigenvalue weighted by atomic mass is 35.5. The molecule has 1 aromatic heterocycles. The monoisotopic (exact) mass is 413 g/mol. The summed E-state index contributed by atoms with van der Waals surface area (Å²) in [5.41, 5.74) is 0.899. The van der Waals surface area contributed by atoms with Crippen molar-refractivity contribution >= 4 is 42.6 Å². The highest BCUT2D eigenvalue weighted by Crippen LogP contribution is 2.35. The topological polar surface area (TPSA) is 81.2 Å². The summed E-state index contributed by atoms with van der Waals surface area (Å²) in [4.78, 5) is 3.87. The van der Waals surface area contributed by atoms with Crippen LogP contribution >= 0.6 is 22.9 Å². The lowest BCUT2D eigenvalue weighted by Crippen LogP contribution is -2.05. The molecule has 1 heterocycles. The van der Waals surface area contributed by atoms with Gasteiger partial charge in [-0.3, -0.25) is 0 Å². The number of aromatic nitrogens is 1. The standard InChI is InChI=1S/C16H12ClNO4S3/c1-11-7-9-13(10-8-11)24(19,20)15-14(17)23-16(18-15)25(21,22)12-5-3-2-4-6-12/h2-10H,1H3. The fourth-order valence-corrected chi connectivity index (χ4v) is 6.82. The first-order valence-electron chi connectivity index (χ1n) is 7.01. The van der Waals surface area contributed by atoms with Crippen molar-refractivity contribution in [3.63, 3.8) is 0 Å². The largest absolute Gasteiger partial charge is 0.233 e. The third-order valence-electron chi connectivity index (χ3n) is 3.41. The van der Waals surface area contributed by atoms with Crippen LogP contribution in [-0.4, -0.2) is 21.8 Å². The van der Waals surface area contributed by atoms with E-state index < -0.39 is 24.7 Å². The second-order valence-electron chi connectivity index (χ2n) is 5.19. The van der Waals surface area contributed by atoms with E-state index in [-0.39, 0.29) is 18.5 Å². The Labute approximate surface area is 154 Å². The Kier molecular flexibility index (Phi) is 4.72. The average molecular weight is 414 g/mol. The fraction of sp³-hybridized carbons (Fsp3) is 0.0625. The Hall–Kier alpha value is -1.74. The van der Waals surface area contributed by atoms with Crippen molar-refractivity contribution in [3.05, 3.63) is 64.5 Å². The van der Waals surface area contributed by atoms with E-state index in [1.165, 1.54) is 24.3 Å². The van der Waals surface area contributed by atoms with Gasteiger partial charge in [0.2, 0.25) is 24.0 Å². The van der Waals surface area contributed by atoms with Gasteiger partial charge < -0.3 is 0 Å². The molecule has 2 aromatic carbocycles. The molecule has 0 aliphatic carbocycles. The van der Waals surface area contributed by atoms with Crippen LogP contribution in [-0.2, 0) is 19.7 Å². The number of hydrogen-bond acceptors (Lipinski definition) is 6. The molecular weight excluding hydrogens is 402 g/mol. The normalized spacial score (nSPS) is 12.2. The summed E-state index contributed by atoms with van der Waals surface area (Å²) in [6, 6.07) is 13.8. The Morgan fingerprint density at radius 2 is 1.40 bits per heavy atom. The van der Waals surface area contributed by atoms with E-state index in [1.807, 2.05) is 6.92 Å². The van der Waals surface area contributed by atoms with Gasteiger partial charge in [0, 0.05) is 0 Å². The molecule has 0 atom stereocenters. The number of benzene rings is 2. The number of sulfone groups is 2. The van der Waals surface area contributed by atoms with Crippen LogP contribution < -0.4 is 0 Å². The molecule has 0 aliphatic heterocycles. The number of thiazole rings is 1. The van der Waals surface area contributed by atoms with E-state index in [0.717, 1.165) is 5.56 Å². The molecule has 5 nitrogen and oxygen atoms in total. The van der Waals surface area contributed by atoms with Crippen molar-refractivity contribution in [2.45, 2.75) is 26.1 Å². The SMILES string of the molecule is Cc1ccc(S(=O)(=O)c2nc(S(=O)(=O)c3ccccc3)sc2Cl)cc1. The third-order valence-corrected chi connectivity index (χ3v) is 8.75. The molecule has 0 fully saturated rings. The van der Waals surface area contributed by atoms with Gasteiger partial charge in [0.25, 0.3) is 0 Å². The third kappa shape index (κ3) is 3.35. The Morgan fingerprint density at radius 1 is 0.840 bits per heavy atom. The van der Waals surface area contributed by atoms with Gasteiger partial charge in [-0.25, -0.2) is 21.8 Å². The van der Waals surface area contributed by atoms with Crippen molar-refractivity contribution in [3.8, 4) is 0 Å². The number of rotatable bonds is 4. The maximum absolute atomic E-state index is 12.7. The number of nitrogens with zero attached hydrogens (tertiary/aromatic N) is 1. The molecule has 0 saturated heterocycles. The van der Waals surface area contributed by atoms with Gasteiger partial charge in [-0.05, 0) is 31.2 Å². The Bertz CT molecular complexity index is 1120. The molecule has 3 aromatic rings. The zero-order valence-electron chi connectivity index (χ0n) is 12.9. The van der Waals surface area contributed by atoms with Crippen molar-refractivity contribution in [1.82, 2.24) is 4.98 Å². The highest BCUT2D eigenvalue weighted by Gasteiger charge is 2.30. The molecule has 0 saturated carbocycles. The van der Waals surface area contributed by atoms with Gasteiger partial charge in [0.15, 0.2) is 5.03 Å². The summed E-state index contributed by atoms with van der Waals surface area (Å²) in [6.45, 7) is 1.83. The van der Waals surface area contributed by atoms with Crippen molar-refractivity contribution in [1.29, 1.82) is 0 Å². The van der Waals surface area contributed by atoms with Crippen molar-refractivity contribution < 1.29 is 16.8 Å². The quantitative estimate of drug-likeness (QED) is 0.650. The van der Waals surface area contributed by atoms with Crippen molar-refractivity contribution in [2.24, 2.45) is 0 Å². The minimum atomic E-state index is -4.01. The molecule has 0 unspecified atom stereocenters. The second kappa shape index (κ2) is 6.53. The molecule has 25 heavy (non-hydrogen) atoms. The molecule has 0 radical (unpaired) electrons. The molecule has 0 amide bonds. The Balaban J connectivity index is 2.11. The summed E-state index contributed by atoms with van der Waals surface area (Å²) in [7, 11) is -7.94. The first-order chi connectivity index (χ1) is 11.7. The second-order valence-corrected chi connectivity index (χ2v) is 10.8. The van der Waals surface area contributed by atoms with E-state index in [9.17, 15) is 16.8 Å². The predicted octanol–water partition coefficient (Wildman–Crippen LogP) is 3.77. The predicted molar refractivity (Wildman–Crippen MR) is 95.6 cm³/mol. The molecule has 3 rings (SSSR count). The summed E-state index contributed by atoms with van der Waals surface area (Å²) in [5, 5.41) is -0.447. The first-order valence-corrected chi connectivity index (χ1v) is 11.2. The van der Waals surface area contributed by atoms with Crippen molar-refractivity contribution in [2.75, 3.05) is 0 Å². The maximum atomic E-state index is 12.7. The summed E-state index contributed by atoms with van der Waals surface area (Å²) in [6.07, 6.45) is 0. The smallest absolute Gasteiger partial charge is 0.217 e. The van der Waals surface area contributed by atoms with Gasteiger partial charge in [-0.2, -0.15) is 0 Å².